The maximum absolute atomic E-state index is 10.2. The zero-order valence-corrected chi connectivity index (χ0v) is 5.64. The molecule has 0 rings (SSSR count). The zero-order valence-electron chi connectivity index (χ0n) is 4.89. The quantitative estimate of drug-likeness (QED) is 0.418. The van der Waals surface area contributed by atoms with Gasteiger partial charge in [-0.1, -0.05) is 11.6 Å². The summed E-state index contributed by atoms with van der Waals surface area (Å²) in [5, 5.41) is 11.7. The fourth-order valence-corrected chi connectivity index (χ4v) is 0.217. The largest absolute Gasteiger partial charge is 0.386 e. The van der Waals surface area contributed by atoms with E-state index in [0.717, 1.165) is 0 Å². The third-order valence-electron chi connectivity index (χ3n) is 0.478. The van der Waals surface area contributed by atoms with Crippen LogP contribution in [0.5, 0.6) is 0 Å². The van der Waals surface area contributed by atoms with Gasteiger partial charge in [0.2, 0.25) is 0 Å². The molecule has 0 fully saturated rings. The second-order valence-electron chi connectivity index (χ2n) is 1.30. The summed E-state index contributed by atoms with van der Waals surface area (Å²) in [5.41, 5.74) is 2.00. The lowest BCUT2D eigenvalue weighted by Gasteiger charge is -1.92. The Kier molecular flexibility index (Phi) is 4.00. The monoisotopic (exact) mass is 150 g/mol. The van der Waals surface area contributed by atoms with Gasteiger partial charge >= 0.3 is 0 Å². The number of amides is 1. The molecule has 4 nitrogen and oxygen atoms in total. The minimum absolute atomic E-state index is 0.219. The molecule has 2 N–H and O–H groups in total. The van der Waals surface area contributed by atoms with Crippen molar-refractivity contribution in [1.29, 1.82) is 0 Å². The van der Waals surface area contributed by atoms with Crippen LogP contribution in [0.2, 0.25) is 0 Å². The van der Waals surface area contributed by atoms with Crippen molar-refractivity contribution in [1.82, 2.24) is 5.43 Å². The molecular formula is C4H7ClN2O2. The van der Waals surface area contributed by atoms with E-state index in [4.69, 9.17) is 16.7 Å². The molecule has 0 aromatic carbocycles. The van der Waals surface area contributed by atoms with E-state index in [9.17, 15) is 4.79 Å². The second kappa shape index (κ2) is 4.29. The summed E-state index contributed by atoms with van der Waals surface area (Å²) in [6.07, 6.45) is 0. The molecule has 0 heterocycles. The highest BCUT2D eigenvalue weighted by molar-refractivity contribution is 6.64. The third-order valence-corrected chi connectivity index (χ3v) is 0.563. The summed E-state index contributed by atoms with van der Waals surface area (Å²) in [5.74, 6) is -0.574. The Morgan fingerprint density at radius 3 is 2.78 bits per heavy atom. The number of hydrazone groups is 1. The Balaban J connectivity index is 3.50. The second-order valence-corrected chi connectivity index (χ2v) is 1.85. The number of aliphatic hydroxyl groups is 1. The Hall–Kier alpha value is -0.610. The SMILES string of the molecule is CC(Cl)=NNC(=O)CO. The van der Waals surface area contributed by atoms with Gasteiger partial charge in [-0.05, 0) is 6.92 Å². The van der Waals surface area contributed by atoms with Gasteiger partial charge in [0.15, 0.2) is 0 Å². The van der Waals surface area contributed by atoms with Gasteiger partial charge in [0.1, 0.15) is 11.8 Å². The molecule has 0 aliphatic rings. The molecule has 9 heavy (non-hydrogen) atoms. The molecule has 5 heteroatoms. The van der Waals surface area contributed by atoms with Crippen LogP contribution >= 0.6 is 11.6 Å². The van der Waals surface area contributed by atoms with Crippen LogP contribution in [0.3, 0.4) is 0 Å². The average Bonchev–Trinajstić information content (AvgIpc) is 1.83. The Labute approximate surface area is 57.5 Å². The fourth-order valence-electron chi connectivity index (χ4n) is 0.175. The molecule has 0 saturated heterocycles. The lowest BCUT2D eigenvalue weighted by molar-refractivity contribution is -0.123. The van der Waals surface area contributed by atoms with E-state index < -0.39 is 12.5 Å². The van der Waals surface area contributed by atoms with Crippen molar-refractivity contribution in [2.45, 2.75) is 6.92 Å². The molecule has 0 aromatic rings. The van der Waals surface area contributed by atoms with Gasteiger partial charge in [0, 0.05) is 0 Å². The first-order valence-electron chi connectivity index (χ1n) is 2.26. The minimum atomic E-state index is -0.576. The van der Waals surface area contributed by atoms with E-state index in [2.05, 4.69) is 5.10 Å². The number of nitrogens with zero attached hydrogens (tertiary/aromatic N) is 1. The van der Waals surface area contributed by atoms with Gasteiger partial charge in [0.05, 0.1) is 0 Å². The Morgan fingerprint density at radius 1 is 1.89 bits per heavy atom. The topological polar surface area (TPSA) is 61.7 Å². The van der Waals surface area contributed by atoms with E-state index in [-0.39, 0.29) is 5.17 Å². The summed E-state index contributed by atoms with van der Waals surface area (Å²) >= 11 is 5.23. The van der Waals surface area contributed by atoms with E-state index in [0.29, 0.717) is 0 Å². The Morgan fingerprint density at radius 2 is 2.44 bits per heavy atom. The van der Waals surface area contributed by atoms with Crippen LogP contribution in [-0.4, -0.2) is 22.8 Å². The van der Waals surface area contributed by atoms with Gasteiger partial charge in [-0.15, -0.1) is 0 Å². The molecule has 52 valence electrons. The first-order valence-corrected chi connectivity index (χ1v) is 2.64. The number of hydrogen-bond donors (Lipinski definition) is 2. The van der Waals surface area contributed by atoms with E-state index in [1.807, 2.05) is 5.43 Å². The predicted octanol–water partition coefficient (Wildman–Crippen LogP) is -0.333. The van der Waals surface area contributed by atoms with Crippen LogP contribution in [0.25, 0.3) is 0 Å². The van der Waals surface area contributed by atoms with Crippen LogP contribution in [0.4, 0.5) is 0 Å². The minimum Gasteiger partial charge on any atom is -0.386 e. The molecule has 0 spiro atoms. The number of halogens is 1. The van der Waals surface area contributed by atoms with Crippen molar-refractivity contribution in [2.24, 2.45) is 5.10 Å². The summed E-state index contributed by atoms with van der Waals surface area (Å²) in [6.45, 7) is 0.937. The summed E-state index contributed by atoms with van der Waals surface area (Å²) in [7, 11) is 0. The molecule has 0 atom stereocenters. The highest BCUT2D eigenvalue weighted by Gasteiger charge is 1.92. The van der Waals surface area contributed by atoms with Crippen LogP contribution in [-0.2, 0) is 4.79 Å². The fraction of sp³-hybridized carbons (Fsp3) is 0.500. The molecular weight excluding hydrogens is 144 g/mol. The van der Waals surface area contributed by atoms with Crippen molar-refractivity contribution < 1.29 is 9.90 Å². The van der Waals surface area contributed by atoms with Gasteiger partial charge in [0.25, 0.3) is 5.91 Å². The summed E-state index contributed by atoms with van der Waals surface area (Å²) in [4.78, 5) is 10.2. The predicted molar refractivity (Wildman–Crippen MR) is 34.2 cm³/mol. The highest BCUT2D eigenvalue weighted by atomic mass is 35.5. The highest BCUT2D eigenvalue weighted by Crippen LogP contribution is 1.78. The maximum Gasteiger partial charge on any atom is 0.265 e. The van der Waals surface area contributed by atoms with Crippen molar-refractivity contribution >= 4 is 22.7 Å². The lowest BCUT2D eigenvalue weighted by atomic mass is 10.7. The van der Waals surface area contributed by atoms with E-state index >= 15 is 0 Å². The van der Waals surface area contributed by atoms with Gasteiger partial charge in [-0.2, -0.15) is 5.10 Å². The van der Waals surface area contributed by atoms with Gasteiger partial charge < -0.3 is 5.11 Å². The standard InChI is InChI=1S/C4H7ClN2O2/c1-3(5)6-7-4(9)2-8/h8H,2H2,1H3,(H,7,9). The van der Waals surface area contributed by atoms with Crippen LogP contribution < -0.4 is 5.43 Å². The first kappa shape index (κ1) is 8.39. The number of carbonyl (C=O) groups is 1. The van der Waals surface area contributed by atoms with Crippen LogP contribution in [0.15, 0.2) is 5.10 Å². The van der Waals surface area contributed by atoms with E-state index in [1.54, 1.807) is 0 Å². The third kappa shape index (κ3) is 5.26. The molecule has 0 radical (unpaired) electrons. The van der Waals surface area contributed by atoms with Crippen LogP contribution in [0, 0.1) is 0 Å². The number of nitrogens with one attached hydrogen (secondary N) is 1. The van der Waals surface area contributed by atoms with Crippen molar-refractivity contribution in [3.05, 3.63) is 0 Å². The number of hydrogen-bond acceptors (Lipinski definition) is 3. The summed E-state index contributed by atoms with van der Waals surface area (Å²) in [6, 6.07) is 0. The number of aliphatic hydroxyl groups excluding tert-OH is 1. The van der Waals surface area contributed by atoms with Gasteiger partial charge in [-0.3, -0.25) is 4.79 Å². The number of carbonyl (C=O) groups excluding carboxylic acids is 1. The van der Waals surface area contributed by atoms with E-state index in [1.165, 1.54) is 6.92 Å². The van der Waals surface area contributed by atoms with Crippen molar-refractivity contribution in [3.8, 4) is 0 Å². The first-order chi connectivity index (χ1) is 4.16. The van der Waals surface area contributed by atoms with Gasteiger partial charge in [-0.25, -0.2) is 5.43 Å². The lowest BCUT2D eigenvalue weighted by Crippen LogP contribution is -2.21. The zero-order chi connectivity index (χ0) is 7.28. The molecule has 0 unspecified atom stereocenters. The normalized spacial score (nSPS) is 11.2. The molecule has 0 saturated carbocycles. The smallest absolute Gasteiger partial charge is 0.265 e. The molecule has 0 aromatic heterocycles. The average molecular weight is 151 g/mol. The summed E-state index contributed by atoms with van der Waals surface area (Å²) < 4.78 is 0. The maximum atomic E-state index is 10.2. The molecule has 1 amide bonds. The van der Waals surface area contributed by atoms with Crippen LogP contribution in [0.1, 0.15) is 6.92 Å². The Bertz CT molecular complexity index is 131. The molecule has 0 aliphatic carbocycles. The number of rotatable bonds is 2. The molecule has 0 aliphatic heterocycles. The molecule has 0 bridgehead atoms. The van der Waals surface area contributed by atoms with Crippen molar-refractivity contribution in [3.63, 3.8) is 0 Å². The van der Waals surface area contributed by atoms with Crippen molar-refractivity contribution in [2.75, 3.05) is 6.61 Å².